The lowest BCUT2D eigenvalue weighted by atomic mass is 10.1. The molecular weight excluding hydrogens is 180 g/mol. The van der Waals surface area contributed by atoms with Crippen LogP contribution in [0.15, 0.2) is 18.7 Å². The second-order valence-electron chi connectivity index (χ2n) is 3.41. The molecule has 1 N–H and O–H groups in total. The van der Waals surface area contributed by atoms with Crippen LogP contribution in [-0.2, 0) is 4.79 Å². The van der Waals surface area contributed by atoms with Crippen molar-refractivity contribution in [1.82, 2.24) is 15.0 Å². The summed E-state index contributed by atoms with van der Waals surface area (Å²) in [6, 6.07) is 0.294. The third kappa shape index (κ3) is 1.77. The number of imidazole rings is 1. The van der Waals surface area contributed by atoms with Gasteiger partial charge in [0.1, 0.15) is 6.33 Å². The van der Waals surface area contributed by atoms with Crippen LogP contribution in [0, 0.1) is 0 Å². The summed E-state index contributed by atoms with van der Waals surface area (Å²) in [6.45, 7) is 1.95. The van der Waals surface area contributed by atoms with Gasteiger partial charge in [-0.05, 0) is 25.9 Å². The first kappa shape index (κ1) is 9.21. The van der Waals surface area contributed by atoms with Crippen molar-refractivity contribution in [2.75, 3.05) is 18.1 Å². The molecule has 5 nitrogen and oxygen atoms in total. The molecule has 0 unspecified atom stereocenters. The number of carbonyl (C=O) groups excluding carboxylic acids is 1. The fourth-order valence-corrected chi connectivity index (χ4v) is 1.79. The molecule has 2 heterocycles. The molecule has 14 heavy (non-hydrogen) atoms. The lowest BCUT2D eigenvalue weighted by Gasteiger charge is -2.31. The van der Waals surface area contributed by atoms with E-state index < -0.39 is 0 Å². The number of piperidine rings is 1. The topological polar surface area (TPSA) is 50.2 Å². The van der Waals surface area contributed by atoms with Gasteiger partial charge in [0.25, 0.3) is 0 Å². The highest BCUT2D eigenvalue weighted by Crippen LogP contribution is 2.08. The Balaban J connectivity index is 2.08. The Labute approximate surface area is 82.7 Å². The molecule has 0 atom stereocenters. The first-order chi connectivity index (χ1) is 6.92. The summed E-state index contributed by atoms with van der Waals surface area (Å²) in [7, 11) is 0. The molecule has 1 aliphatic heterocycles. The van der Waals surface area contributed by atoms with E-state index in [-0.39, 0.29) is 0 Å². The molecule has 0 spiro atoms. The number of nitrogens with one attached hydrogen (secondary N) is 1. The number of carbonyl (C=O) groups is 1. The average molecular weight is 194 g/mol. The summed E-state index contributed by atoms with van der Waals surface area (Å²) in [4.78, 5) is 14.9. The maximum Gasteiger partial charge on any atom is 0.228 e. The zero-order valence-electron chi connectivity index (χ0n) is 7.97. The molecule has 76 valence electrons. The Kier molecular flexibility index (Phi) is 2.78. The molecule has 1 amide bonds. The zero-order valence-corrected chi connectivity index (χ0v) is 7.97. The summed E-state index contributed by atoms with van der Waals surface area (Å²) in [5.41, 5.74) is 0. The lowest BCUT2D eigenvalue weighted by molar-refractivity contribution is -0.109. The van der Waals surface area contributed by atoms with Crippen LogP contribution in [-0.4, -0.2) is 35.2 Å². The van der Waals surface area contributed by atoms with Gasteiger partial charge < -0.3 is 5.32 Å². The summed E-state index contributed by atoms with van der Waals surface area (Å²) >= 11 is 0. The van der Waals surface area contributed by atoms with Crippen LogP contribution in [0.4, 0.5) is 0 Å². The summed E-state index contributed by atoms with van der Waals surface area (Å²) in [5.74, 6) is 0. The van der Waals surface area contributed by atoms with Gasteiger partial charge in [0, 0.05) is 12.4 Å². The van der Waals surface area contributed by atoms with Crippen molar-refractivity contribution in [1.29, 1.82) is 0 Å². The minimum absolute atomic E-state index is 0.294. The van der Waals surface area contributed by atoms with Gasteiger partial charge >= 0.3 is 0 Å². The highest BCUT2D eigenvalue weighted by atomic mass is 16.1. The monoisotopic (exact) mass is 194 g/mol. The number of amides is 1. The minimum Gasteiger partial charge on any atom is -0.317 e. The molecule has 0 aromatic carbocycles. The van der Waals surface area contributed by atoms with Crippen molar-refractivity contribution >= 4 is 6.41 Å². The van der Waals surface area contributed by atoms with Gasteiger partial charge in [-0.15, -0.1) is 0 Å². The Morgan fingerprint density at radius 1 is 1.50 bits per heavy atom. The van der Waals surface area contributed by atoms with Gasteiger partial charge in [0.05, 0.1) is 6.04 Å². The molecule has 5 heteroatoms. The second kappa shape index (κ2) is 4.23. The molecule has 1 fully saturated rings. The van der Waals surface area contributed by atoms with E-state index in [9.17, 15) is 4.79 Å². The third-order valence-electron chi connectivity index (χ3n) is 2.55. The van der Waals surface area contributed by atoms with Crippen LogP contribution in [0.5, 0.6) is 0 Å². The average Bonchev–Trinajstić information content (AvgIpc) is 2.74. The highest BCUT2D eigenvalue weighted by molar-refractivity contribution is 5.61. The zero-order chi connectivity index (χ0) is 9.80. The molecule has 0 aliphatic carbocycles. The van der Waals surface area contributed by atoms with E-state index in [0.717, 1.165) is 32.3 Å². The van der Waals surface area contributed by atoms with E-state index in [1.165, 1.54) is 0 Å². The summed E-state index contributed by atoms with van der Waals surface area (Å²) in [6.07, 6.45) is 7.98. The lowest BCUT2D eigenvalue weighted by Crippen LogP contribution is -2.47. The van der Waals surface area contributed by atoms with Crippen molar-refractivity contribution in [2.24, 2.45) is 0 Å². The molecular formula is C9H14N4O. The Hall–Kier alpha value is -1.36. The SMILES string of the molecule is O=CN(C1CCNCC1)n1ccnc1. The van der Waals surface area contributed by atoms with Crippen LogP contribution < -0.4 is 10.3 Å². The van der Waals surface area contributed by atoms with E-state index in [0.29, 0.717) is 6.04 Å². The van der Waals surface area contributed by atoms with E-state index >= 15 is 0 Å². The van der Waals surface area contributed by atoms with Crippen LogP contribution in [0.3, 0.4) is 0 Å². The minimum atomic E-state index is 0.294. The van der Waals surface area contributed by atoms with Gasteiger partial charge in [0.15, 0.2) is 0 Å². The Morgan fingerprint density at radius 3 is 2.86 bits per heavy atom. The maximum atomic E-state index is 11.0. The molecule has 1 aromatic heterocycles. The van der Waals surface area contributed by atoms with E-state index in [1.54, 1.807) is 28.4 Å². The van der Waals surface area contributed by atoms with E-state index in [1.807, 2.05) is 0 Å². The van der Waals surface area contributed by atoms with Crippen LogP contribution >= 0.6 is 0 Å². The molecule has 1 aromatic rings. The molecule has 2 rings (SSSR count). The molecule has 1 aliphatic rings. The number of aromatic nitrogens is 2. The third-order valence-corrected chi connectivity index (χ3v) is 2.55. The first-order valence-electron chi connectivity index (χ1n) is 4.84. The van der Waals surface area contributed by atoms with Gasteiger partial charge in [-0.3, -0.25) is 4.79 Å². The quantitative estimate of drug-likeness (QED) is 0.674. The molecule has 0 saturated carbocycles. The van der Waals surface area contributed by atoms with Gasteiger partial charge in [-0.1, -0.05) is 0 Å². The van der Waals surface area contributed by atoms with Crippen molar-refractivity contribution in [3.63, 3.8) is 0 Å². The first-order valence-corrected chi connectivity index (χ1v) is 4.84. The molecule has 0 radical (unpaired) electrons. The van der Waals surface area contributed by atoms with Crippen LogP contribution in [0.2, 0.25) is 0 Å². The van der Waals surface area contributed by atoms with Crippen molar-refractivity contribution in [2.45, 2.75) is 18.9 Å². The Bertz CT molecular complexity index is 279. The van der Waals surface area contributed by atoms with Crippen molar-refractivity contribution < 1.29 is 4.79 Å². The molecule has 0 bridgehead atoms. The van der Waals surface area contributed by atoms with Gasteiger partial charge in [-0.25, -0.2) is 14.7 Å². The Morgan fingerprint density at radius 2 is 2.29 bits per heavy atom. The standard InChI is InChI=1S/C9H14N4O/c14-8-13(12-6-5-11-7-12)9-1-3-10-4-2-9/h5-10H,1-4H2. The van der Waals surface area contributed by atoms with Crippen molar-refractivity contribution in [3.8, 4) is 0 Å². The van der Waals surface area contributed by atoms with E-state index in [4.69, 9.17) is 0 Å². The second-order valence-corrected chi connectivity index (χ2v) is 3.41. The predicted molar refractivity (Wildman–Crippen MR) is 52.4 cm³/mol. The van der Waals surface area contributed by atoms with Crippen LogP contribution in [0.25, 0.3) is 0 Å². The number of nitrogens with zero attached hydrogens (tertiary/aromatic N) is 3. The van der Waals surface area contributed by atoms with Gasteiger partial charge in [-0.2, -0.15) is 0 Å². The summed E-state index contributed by atoms with van der Waals surface area (Å²) < 4.78 is 1.74. The molecule has 1 saturated heterocycles. The number of hydrogen-bond acceptors (Lipinski definition) is 3. The highest BCUT2D eigenvalue weighted by Gasteiger charge is 2.20. The number of rotatable bonds is 3. The fourth-order valence-electron chi connectivity index (χ4n) is 1.79. The fraction of sp³-hybridized carbons (Fsp3) is 0.556. The predicted octanol–water partition coefficient (Wildman–Crippen LogP) is -0.270. The van der Waals surface area contributed by atoms with Crippen LogP contribution in [0.1, 0.15) is 12.8 Å². The van der Waals surface area contributed by atoms with E-state index in [2.05, 4.69) is 10.3 Å². The van der Waals surface area contributed by atoms with Gasteiger partial charge in [0.2, 0.25) is 6.41 Å². The number of hydrogen-bond donors (Lipinski definition) is 1. The maximum absolute atomic E-state index is 11.0. The normalized spacial score (nSPS) is 18.0. The summed E-state index contributed by atoms with van der Waals surface area (Å²) in [5, 5.41) is 4.97. The largest absolute Gasteiger partial charge is 0.317 e. The smallest absolute Gasteiger partial charge is 0.228 e. The van der Waals surface area contributed by atoms with Crippen molar-refractivity contribution in [3.05, 3.63) is 18.7 Å².